The van der Waals surface area contributed by atoms with E-state index in [4.69, 9.17) is 9.84 Å². The lowest BCUT2D eigenvalue weighted by molar-refractivity contribution is -0.139. The summed E-state index contributed by atoms with van der Waals surface area (Å²) >= 11 is 0. The van der Waals surface area contributed by atoms with Crippen molar-refractivity contribution in [3.05, 3.63) is 0 Å². The minimum atomic E-state index is -0.993. The number of nitrogens with one attached hydrogen (secondary N) is 2. The molecule has 1 fully saturated rings. The Kier molecular flexibility index (Phi) is 6.78. The molecule has 2 atom stereocenters. The Morgan fingerprint density at radius 3 is 2.30 bits per heavy atom. The molecule has 0 aromatic heterocycles. The largest absolute Gasteiger partial charge is 0.480 e. The second-order valence-electron chi connectivity index (χ2n) is 5.88. The summed E-state index contributed by atoms with van der Waals surface area (Å²) in [4.78, 5) is 23.0. The highest BCUT2D eigenvalue weighted by Crippen LogP contribution is 2.18. The van der Waals surface area contributed by atoms with Gasteiger partial charge >= 0.3 is 12.0 Å². The van der Waals surface area contributed by atoms with Crippen LogP contribution in [0.15, 0.2) is 0 Å². The molecule has 1 aliphatic heterocycles. The quantitative estimate of drug-likeness (QED) is 0.692. The summed E-state index contributed by atoms with van der Waals surface area (Å²) in [6.45, 7) is 7.26. The van der Waals surface area contributed by atoms with E-state index in [0.717, 1.165) is 26.1 Å². The fourth-order valence-electron chi connectivity index (χ4n) is 2.43. The van der Waals surface area contributed by atoms with Crippen molar-refractivity contribution in [2.75, 3.05) is 13.2 Å². The highest BCUT2D eigenvalue weighted by molar-refractivity contribution is 5.82. The van der Waals surface area contributed by atoms with Crippen LogP contribution >= 0.6 is 0 Å². The van der Waals surface area contributed by atoms with Crippen LogP contribution in [0.25, 0.3) is 0 Å². The third kappa shape index (κ3) is 5.77. The van der Waals surface area contributed by atoms with Crippen molar-refractivity contribution in [2.45, 2.75) is 52.1 Å². The Balaban J connectivity index is 2.41. The maximum absolute atomic E-state index is 11.9. The highest BCUT2D eigenvalue weighted by atomic mass is 16.5. The number of hydrogen-bond acceptors (Lipinski definition) is 3. The smallest absolute Gasteiger partial charge is 0.326 e. The summed E-state index contributed by atoms with van der Waals surface area (Å²) in [7, 11) is 0. The van der Waals surface area contributed by atoms with Crippen LogP contribution in [0.4, 0.5) is 4.79 Å². The summed E-state index contributed by atoms with van der Waals surface area (Å²) in [5, 5.41) is 14.5. The van der Waals surface area contributed by atoms with E-state index in [1.807, 2.05) is 20.8 Å². The van der Waals surface area contributed by atoms with Crippen molar-refractivity contribution >= 4 is 12.0 Å². The number of urea groups is 1. The first-order valence-electron chi connectivity index (χ1n) is 7.27. The number of ether oxygens (including phenoxy) is 1. The zero-order chi connectivity index (χ0) is 15.1. The molecule has 0 radical (unpaired) electrons. The normalized spacial score (nSPS) is 19.4. The van der Waals surface area contributed by atoms with Crippen molar-refractivity contribution < 1.29 is 19.4 Å². The number of carboxylic acids is 1. The molecule has 1 aliphatic rings. The van der Waals surface area contributed by atoms with E-state index in [2.05, 4.69) is 10.6 Å². The molecule has 3 N–H and O–H groups in total. The second-order valence-corrected chi connectivity index (χ2v) is 5.88. The standard InChI is InChI=1S/C14H26N2O4/c1-9(2)8-12(13(17)18)16-14(19)15-10(3)11-4-6-20-7-5-11/h9-12H,4-8H2,1-3H3,(H,17,18)(H2,15,16,19)/t10?,12-/m1/s1. The van der Waals surface area contributed by atoms with Crippen LogP contribution in [0, 0.1) is 11.8 Å². The molecule has 116 valence electrons. The van der Waals surface area contributed by atoms with Gasteiger partial charge in [-0.2, -0.15) is 0 Å². The van der Waals surface area contributed by atoms with E-state index >= 15 is 0 Å². The molecule has 0 aromatic carbocycles. The predicted octanol–water partition coefficient (Wildman–Crippen LogP) is 1.60. The fourth-order valence-corrected chi connectivity index (χ4v) is 2.43. The first-order chi connectivity index (χ1) is 9.40. The van der Waals surface area contributed by atoms with Crippen molar-refractivity contribution in [3.63, 3.8) is 0 Å². The lowest BCUT2D eigenvalue weighted by Gasteiger charge is -2.29. The van der Waals surface area contributed by atoms with Crippen LogP contribution in [0.5, 0.6) is 0 Å². The molecule has 1 unspecified atom stereocenters. The average molecular weight is 286 g/mol. The molecule has 1 rings (SSSR count). The van der Waals surface area contributed by atoms with Crippen LogP contribution in [0.2, 0.25) is 0 Å². The van der Waals surface area contributed by atoms with Gasteiger partial charge in [-0.15, -0.1) is 0 Å². The first kappa shape index (κ1) is 16.8. The third-order valence-corrected chi connectivity index (χ3v) is 3.64. The van der Waals surface area contributed by atoms with Gasteiger partial charge in [-0.1, -0.05) is 13.8 Å². The third-order valence-electron chi connectivity index (χ3n) is 3.64. The number of carbonyl (C=O) groups excluding carboxylic acids is 1. The number of carboxylic acid groups (broad SMARTS) is 1. The molecule has 0 spiro atoms. The lowest BCUT2D eigenvalue weighted by atomic mass is 9.93. The molecule has 20 heavy (non-hydrogen) atoms. The monoisotopic (exact) mass is 286 g/mol. The second kappa shape index (κ2) is 8.09. The Morgan fingerprint density at radius 2 is 1.80 bits per heavy atom. The van der Waals surface area contributed by atoms with Gasteiger partial charge in [-0.05, 0) is 38.0 Å². The van der Waals surface area contributed by atoms with Gasteiger partial charge in [0.25, 0.3) is 0 Å². The number of hydrogen-bond donors (Lipinski definition) is 3. The predicted molar refractivity (Wildman–Crippen MR) is 75.6 cm³/mol. The first-order valence-corrected chi connectivity index (χ1v) is 7.27. The molecule has 0 saturated carbocycles. The van der Waals surface area contributed by atoms with Crippen LogP contribution in [0.1, 0.15) is 40.0 Å². The SMILES string of the molecule is CC(C)C[C@@H](NC(=O)NC(C)C1CCOCC1)C(=O)O. The van der Waals surface area contributed by atoms with E-state index in [9.17, 15) is 9.59 Å². The molecule has 2 amide bonds. The summed E-state index contributed by atoms with van der Waals surface area (Å²) in [6.07, 6.45) is 2.28. The van der Waals surface area contributed by atoms with Gasteiger partial charge in [0.05, 0.1) is 0 Å². The van der Waals surface area contributed by atoms with Crippen molar-refractivity contribution in [1.29, 1.82) is 0 Å². The van der Waals surface area contributed by atoms with E-state index in [1.54, 1.807) is 0 Å². The number of aliphatic carboxylic acids is 1. The highest BCUT2D eigenvalue weighted by Gasteiger charge is 2.25. The Labute approximate surface area is 120 Å². The summed E-state index contributed by atoms with van der Waals surface area (Å²) in [6, 6.07) is -1.22. The Morgan fingerprint density at radius 1 is 1.20 bits per heavy atom. The zero-order valence-electron chi connectivity index (χ0n) is 12.5. The summed E-state index contributed by atoms with van der Waals surface area (Å²) in [5.41, 5.74) is 0. The van der Waals surface area contributed by atoms with Crippen LogP contribution in [0.3, 0.4) is 0 Å². The molecule has 6 heteroatoms. The Bertz CT molecular complexity index is 327. The van der Waals surface area contributed by atoms with Gasteiger partial charge in [0.1, 0.15) is 6.04 Å². The maximum Gasteiger partial charge on any atom is 0.326 e. The maximum atomic E-state index is 11.9. The number of rotatable bonds is 6. The van der Waals surface area contributed by atoms with Crippen LogP contribution < -0.4 is 10.6 Å². The van der Waals surface area contributed by atoms with E-state index in [1.165, 1.54) is 0 Å². The van der Waals surface area contributed by atoms with E-state index in [0.29, 0.717) is 12.3 Å². The molecule has 0 bridgehead atoms. The van der Waals surface area contributed by atoms with Gasteiger partial charge in [0, 0.05) is 19.3 Å². The molecule has 0 aromatic rings. The minimum absolute atomic E-state index is 0.0207. The number of amides is 2. The zero-order valence-corrected chi connectivity index (χ0v) is 12.5. The molecular weight excluding hydrogens is 260 g/mol. The molecule has 1 saturated heterocycles. The van der Waals surface area contributed by atoms with Crippen molar-refractivity contribution in [3.8, 4) is 0 Å². The molecule has 6 nitrogen and oxygen atoms in total. The van der Waals surface area contributed by atoms with E-state index in [-0.39, 0.29) is 12.0 Å². The average Bonchev–Trinajstić information content (AvgIpc) is 2.38. The summed E-state index contributed by atoms with van der Waals surface area (Å²) < 4.78 is 5.29. The molecule has 0 aliphatic carbocycles. The van der Waals surface area contributed by atoms with Gasteiger partial charge in [0.15, 0.2) is 0 Å². The fraction of sp³-hybridized carbons (Fsp3) is 0.857. The van der Waals surface area contributed by atoms with Gasteiger partial charge < -0.3 is 20.5 Å². The Hall–Kier alpha value is -1.30. The topological polar surface area (TPSA) is 87.7 Å². The molecule has 1 heterocycles. The number of carbonyl (C=O) groups is 2. The van der Waals surface area contributed by atoms with E-state index < -0.39 is 18.0 Å². The van der Waals surface area contributed by atoms with Gasteiger partial charge in [-0.25, -0.2) is 9.59 Å². The van der Waals surface area contributed by atoms with Gasteiger partial charge in [-0.3, -0.25) is 0 Å². The minimum Gasteiger partial charge on any atom is -0.480 e. The van der Waals surface area contributed by atoms with Crippen molar-refractivity contribution in [2.24, 2.45) is 11.8 Å². The molecular formula is C14H26N2O4. The van der Waals surface area contributed by atoms with Crippen molar-refractivity contribution in [1.82, 2.24) is 10.6 Å². The van der Waals surface area contributed by atoms with Gasteiger partial charge in [0.2, 0.25) is 0 Å². The van der Waals surface area contributed by atoms with Crippen LogP contribution in [-0.4, -0.2) is 42.4 Å². The summed E-state index contributed by atoms with van der Waals surface area (Å²) in [5.74, 6) is -0.389. The lowest BCUT2D eigenvalue weighted by Crippen LogP contribution is -2.50. The van der Waals surface area contributed by atoms with Crippen LogP contribution in [-0.2, 0) is 9.53 Å².